The Labute approximate surface area is 54.5 Å². The van der Waals surface area contributed by atoms with E-state index in [1.54, 1.807) is 13.8 Å². The zero-order valence-electron chi connectivity index (χ0n) is 5.88. The van der Waals surface area contributed by atoms with Gasteiger partial charge in [-0.05, 0) is 26.8 Å². The van der Waals surface area contributed by atoms with Gasteiger partial charge in [-0.1, -0.05) is 0 Å². The highest BCUT2D eigenvalue weighted by molar-refractivity contribution is 4.98. The summed E-state index contributed by atoms with van der Waals surface area (Å²) in [5.74, 6) is 0.133. The van der Waals surface area contributed by atoms with Crippen molar-refractivity contribution in [3.63, 3.8) is 0 Å². The lowest BCUT2D eigenvalue weighted by Gasteiger charge is -2.14. The lowest BCUT2D eigenvalue weighted by atomic mass is 10.1. The Hall–Kier alpha value is -0.540. The molecule has 0 aliphatic rings. The highest BCUT2D eigenvalue weighted by Gasteiger charge is 2.14. The summed E-state index contributed by atoms with van der Waals surface area (Å²) >= 11 is 0. The van der Waals surface area contributed by atoms with Gasteiger partial charge in [0.15, 0.2) is 0 Å². The van der Waals surface area contributed by atoms with E-state index in [9.17, 15) is 0 Å². The second-order valence-electron chi connectivity index (χ2n) is 2.48. The van der Waals surface area contributed by atoms with Gasteiger partial charge in [0.05, 0.1) is 5.76 Å². The maximum Gasteiger partial charge on any atom is 0.119 e. The summed E-state index contributed by atoms with van der Waals surface area (Å²) in [6.07, 6.45) is 1.41. The highest BCUT2D eigenvalue weighted by atomic mass is 17.1. The van der Waals surface area contributed by atoms with Crippen molar-refractivity contribution in [3.05, 3.63) is 11.8 Å². The van der Waals surface area contributed by atoms with Gasteiger partial charge in [0.25, 0.3) is 0 Å². The van der Waals surface area contributed by atoms with Crippen LogP contribution < -0.4 is 0 Å². The molecule has 0 saturated carbocycles. The predicted molar refractivity (Wildman–Crippen MR) is 34.2 cm³/mol. The molecule has 0 bridgehead atoms. The van der Waals surface area contributed by atoms with Gasteiger partial charge >= 0.3 is 0 Å². The Morgan fingerprint density at radius 2 is 2.00 bits per heavy atom. The smallest absolute Gasteiger partial charge is 0.119 e. The molecule has 9 heavy (non-hydrogen) atoms. The predicted octanol–water partition coefficient (Wildman–Crippen LogP) is 1.72. The highest BCUT2D eigenvalue weighted by Crippen LogP contribution is 2.10. The van der Waals surface area contributed by atoms with E-state index in [1.165, 1.54) is 13.0 Å². The molecule has 0 amide bonds. The van der Waals surface area contributed by atoms with Crippen molar-refractivity contribution in [2.45, 2.75) is 26.4 Å². The average molecular weight is 132 g/mol. The van der Waals surface area contributed by atoms with Crippen LogP contribution in [0.5, 0.6) is 0 Å². The molecule has 0 aliphatic heterocycles. The molecule has 0 aliphatic carbocycles. The fraction of sp³-hybridized carbons (Fsp3) is 0.667. The van der Waals surface area contributed by atoms with E-state index >= 15 is 0 Å². The van der Waals surface area contributed by atoms with Crippen LogP contribution in [0.25, 0.3) is 0 Å². The summed E-state index contributed by atoms with van der Waals surface area (Å²) in [6, 6.07) is 0. The van der Waals surface area contributed by atoms with Crippen molar-refractivity contribution in [2.75, 3.05) is 0 Å². The topological polar surface area (TPSA) is 49.7 Å². The zero-order valence-corrected chi connectivity index (χ0v) is 5.88. The van der Waals surface area contributed by atoms with Crippen molar-refractivity contribution in [1.82, 2.24) is 0 Å². The molecule has 0 spiro atoms. The number of allylic oxidation sites excluding steroid dienone is 1. The Morgan fingerprint density at radius 1 is 1.56 bits per heavy atom. The van der Waals surface area contributed by atoms with Crippen LogP contribution in [-0.4, -0.2) is 16.0 Å². The van der Waals surface area contributed by atoms with Gasteiger partial charge < -0.3 is 5.11 Å². The molecule has 54 valence electrons. The van der Waals surface area contributed by atoms with Gasteiger partial charge in [-0.2, -0.15) is 0 Å². The molecule has 0 saturated heterocycles. The Balaban J connectivity index is 4.01. The molecule has 2 N–H and O–H groups in total. The minimum Gasteiger partial charge on any atom is -0.513 e. The van der Waals surface area contributed by atoms with Gasteiger partial charge in [-0.3, -0.25) is 5.26 Å². The molecule has 0 heterocycles. The van der Waals surface area contributed by atoms with E-state index in [-0.39, 0.29) is 5.76 Å². The van der Waals surface area contributed by atoms with Crippen LogP contribution in [0, 0.1) is 0 Å². The van der Waals surface area contributed by atoms with Gasteiger partial charge in [-0.25, -0.2) is 4.89 Å². The summed E-state index contributed by atoms with van der Waals surface area (Å²) in [5.41, 5.74) is -0.793. The largest absolute Gasteiger partial charge is 0.513 e. The molecule has 3 nitrogen and oxygen atoms in total. The van der Waals surface area contributed by atoms with Crippen molar-refractivity contribution >= 4 is 0 Å². The van der Waals surface area contributed by atoms with E-state index < -0.39 is 5.60 Å². The molecule has 0 radical (unpaired) electrons. The average Bonchev–Trinajstić information content (AvgIpc) is 1.63. The van der Waals surface area contributed by atoms with Crippen LogP contribution in [0.1, 0.15) is 20.8 Å². The van der Waals surface area contributed by atoms with Crippen molar-refractivity contribution in [1.29, 1.82) is 0 Å². The third-order valence-electron chi connectivity index (χ3n) is 0.792. The van der Waals surface area contributed by atoms with Crippen LogP contribution in [0.15, 0.2) is 11.8 Å². The molecule has 0 fully saturated rings. The monoisotopic (exact) mass is 132 g/mol. The Morgan fingerprint density at radius 3 is 2.11 bits per heavy atom. The molecule has 0 rings (SSSR count). The fourth-order valence-corrected chi connectivity index (χ4v) is 0.529. The molecular formula is C6H12O3. The summed E-state index contributed by atoms with van der Waals surface area (Å²) in [7, 11) is 0. The van der Waals surface area contributed by atoms with Crippen molar-refractivity contribution in [2.24, 2.45) is 0 Å². The number of rotatable bonds is 2. The summed E-state index contributed by atoms with van der Waals surface area (Å²) in [5, 5.41) is 16.9. The fourth-order valence-electron chi connectivity index (χ4n) is 0.529. The van der Waals surface area contributed by atoms with Gasteiger partial charge in [0, 0.05) is 0 Å². The first-order valence-electron chi connectivity index (χ1n) is 2.69. The molecule has 0 unspecified atom stereocenters. The third-order valence-corrected chi connectivity index (χ3v) is 0.792. The summed E-state index contributed by atoms with van der Waals surface area (Å²) < 4.78 is 0. The second kappa shape index (κ2) is 2.85. The van der Waals surface area contributed by atoms with E-state index in [1.807, 2.05) is 0 Å². The molecule has 0 aromatic rings. The van der Waals surface area contributed by atoms with E-state index in [0.29, 0.717) is 0 Å². The molecule has 0 atom stereocenters. The molecule has 3 heteroatoms. The first-order chi connectivity index (χ1) is 3.98. The maximum atomic E-state index is 8.69. The summed E-state index contributed by atoms with van der Waals surface area (Å²) in [6.45, 7) is 4.78. The van der Waals surface area contributed by atoms with Crippen LogP contribution in [-0.2, 0) is 4.89 Å². The Kier molecular flexibility index (Phi) is 2.67. The van der Waals surface area contributed by atoms with Gasteiger partial charge in [0.2, 0.25) is 0 Å². The van der Waals surface area contributed by atoms with Crippen molar-refractivity contribution in [3.8, 4) is 0 Å². The number of hydrogen-bond donors (Lipinski definition) is 2. The quantitative estimate of drug-likeness (QED) is 0.341. The molecule has 0 aromatic heterocycles. The van der Waals surface area contributed by atoms with Crippen LogP contribution in [0.4, 0.5) is 0 Å². The maximum absolute atomic E-state index is 8.69. The third kappa shape index (κ3) is 4.00. The van der Waals surface area contributed by atoms with Gasteiger partial charge in [0.1, 0.15) is 5.60 Å². The first-order valence-corrected chi connectivity index (χ1v) is 2.69. The van der Waals surface area contributed by atoms with E-state index in [4.69, 9.17) is 10.4 Å². The minimum absolute atomic E-state index is 0.133. The first kappa shape index (κ1) is 8.46. The van der Waals surface area contributed by atoms with Crippen LogP contribution in [0.3, 0.4) is 0 Å². The Bertz CT molecular complexity index is 111. The van der Waals surface area contributed by atoms with Gasteiger partial charge in [-0.15, -0.1) is 0 Å². The lowest BCUT2D eigenvalue weighted by molar-refractivity contribution is -0.297. The summed E-state index contributed by atoms with van der Waals surface area (Å²) in [4.78, 5) is 4.01. The molecular weight excluding hydrogens is 120 g/mol. The number of hydrogen-bond acceptors (Lipinski definition) is 3. The SMILES string of the molecule is C/C(O)=C/C(C)(C)OO. The number of aliphatic hydroxyl groups is 1. The van der Waals surface area contributed by atoms with Crippen molar-refractivity contribution < 1.29 is 15.3 Å². The second-order valence-corrected chi connectivity index (χ2v) is 2.48. The minimum atomic E-state index is -0.793. The van der Waals surface area contributed by atoms with Crippen LogP contribution >= 0.6 is 0 Å². The molecule has 0 aromatic carbocycles. The normalized spacial score (nSPS) is 14.0. The van der Waals surface area contributed by atoms with E-state index in [0.717, 1.165) is 0 Å². The van der Waals surface area contributed by atoms with Crippen LogP contribution in [0.2, 0.25) is 0 Å². The van der Waals surface area contributed by atoms with E-state index in [2.05, 4.69) is 4.89 Å². The number of aliphatic hydroxyl groups excluding tert-OH is 1. The standard InChI is InChI=1S/C6H12O3/c1-5(7)4-6(2,3)9-8/h4,7-8H,1-3H3/b5-4-. The zero-order chi connectivity index (χ0) is 7.49. The lowest BCUT2D eigenvalue weighted by Crippen LogP contribution is -2.19.